The summed E-state index contributed by atoms with van der Waals surface area (Å²) in [6.45, 7) is 5.45. The van der Waals surface area contributed by atoms with Crippen molar-refractivity contribution in [2.24, 2.45) is 10.2 Å². The lowest BCUT2D eigenvalue weighted by Crippen LogP contribution is -2.41. The fourth-order valence-electron chi connectivity index (χ4n) is 1.54. The minimum atomic E-state index is -1.64. The molecule has 0 aliphatic carbocycles. The molecule has 1 atom stereocenters. The lowest BCUT2D eigenvalue weighted by atomic mass is 9.99. The van der Waals surface area contributed by atoms with Gasteiger partial charge in [0, 0.05) is 7.11 Å². The number of hydrogen-bond acceptors (Lipinski definition) is 7. The summed E-state index contributed by atoms with van der Waals surface area (Å²) in [5.41, 5.74) is -1.13. The molecular formula is C16H22N2O5. The van der Waals surface area contributed by atoms with Gasteiger partial charge in [-0.3, -0.25) is 4.79 Å². The van der Waals surface area contributed by atoms with Gasteiger partial charge < -0.3 is 14.2 Å². The lowest BCUT2D eigenvalue weighted by molar-refractivity contribution is -0.152. The molecule has 0 bridgehead atoms. The quantitative estimate of drug-likeness (QED) is 0.302. The summed E-state index contributed by atoms with van der Waals surface area (Å²) in [4.78, 5) is 23.6. The number of carbonyl (C=O) groups is 2. The number of esters is 1. The maximum absolute atomic E-state index is 11.9. The van der Waals surface area contributed by atoms with Crippen LogP contribution in [0.5, 0.6) is 5.75 Å². The van der Waals surface area contributed by atoms with Crippen LogP contribution in [0.3, 0.4) is 0 Å². The van der Waals surface area contributed by atoms with Gasteiger partial charge in [0.05, 0.1) is 18.9 Å². The third-order valence-electron chi connectivity index (χ3n) is 3.12. The molecule has 0 heterocycles. The van der Waals surface area contributed by atoms with E-state index in [-0.39, 0.29) is 6.61 Å². The Labute approximate surface area is 135 Å². The fourth-order valence-corrected chi connectivity index (χ4v) is 1.54. The fraction of sp³-hybridized carbons (Fsp3) is 0.500. The summed E-state index contributed by atoms with van der Waals surface area (Å²) < 4.78 is 15.2. The van der Waals surface area contributed by atoms with E-state index < -0.39 is 17.3 Å². The molecule has 0 radical (unpaired) electrons. The molecule has 1 unspecified atom stereocenters. The molecule has 0 amide bonds. The SMILES string of the molecule is CCOC(=O)C(C)(N=Nc1ccc(OCCOC)cc1)C(C)=O. The van der Waals surface area contributed by atoms with Gasteiger partial charge in [-0.2, -0.15) is 10.2 Å². The molecule has 0 saturated heterocycles. The number of benzene rings is 1. The van der Waals surface area contributed by atoms with Gasteiger partial charge in [0.15, 0.2) is 5.78 Å². The van der Waals surface area contributed by atoms with E-state index in [2.05, 4.69) is 10.2 Å². The van der Waals surface area contributed by atoms with Crippen molar-refractivity contribution in [1.29, 1.82) is 0 Å². The maximum atomic E-state index is 11.9. The van der Waals surface area contributed by atoms with Crippen molar-refractivity contribution in [3.63, 3.8) is 0 Å². The number of Topliss-reactive ketones (excluding diaryl/α,β-unsaturated/α-hetero) is 1. The van der Waals surface area contributed by atoms with Crippen molar-refractivity contribution < 1.29 is 23.8 Å². The number of ether oxygens (including phenoxy) is 3. The number of hydrogen-bond donors (Lipinski definition) is 0. The van der Waals surface area contributed by atoms with E-state index in [1.165, 1.54) is 13.8 Å². The molecular weight excluding hydrogens is 300 g/mol. The Hall–Kier alpha value is -2.28. The first kappa shape index (κ1) is 18.8. The predicted molar refractivity (Wildman–Crippen MR) is 84.0 cm³/mol. The second kappa shape index (κ2) is 8.99. The van der Waals surface area contributed by atoms with Crippen LogP contribution in [0.1, 0.15) is 20.8 Å². The van der Waals surface area contributed by atoms with Gasteiger partial charge in [0.25, 0.3) is 0 Å². The van der Waals surface area contributed by atoms with Gasteiger partial charge in [-0.05, 0) is 45.0 Å². The van der Waals surface area contributed by atoms with Crippen molar-refractivity contribution in [2.75, 3.05) is 26.9 Å². The van der Waals surface area contributed by atoms with Crippen LogP contribution in [0.2, 0.25) is 0 Å². The Bertz CT molecular complexity index is 556. The molecule has 0 aromatic heterocycles. The molecule has 1 rings (SSSR count). The minimum absolute atomic E-state index is 0.171. The molecule has 0 saturated carbocycles. The molecule has 1 aromatic carbocycles. The van der Waals surface area contributed by atoms with E-state index in [1.807, 2.05) is 0 Å². The Morgan fingerprint density at radius 1 is 1.17 bits per heavy atom. The number of methoxy groups -OCH3 is 1. The predicted octanol–water partition coefficient (Wildman–Crippen LogP) is 2.71. The third-order valence-corrected chi connectivity index (χ3v) is 3.12. The van der Waals surface area contributed by atoms with E-state index in [0.29, 0.717) is 24.7 Å². The summed E-state index contributed by atoms with van der Waals surface area (Å²) in [7, 11) is 1.60. The topological polar surface area (TPSA) is 86.6 Å². The Morgan fingerprint density at radius 3 is 2.35 bits per heavy atom. The van der Waals surface area contributed by atoms with Gasteiger partial charge in [0.1, 0.15) is 12.4 Å². The van der Waals surface area contributed by atoms with Gasteiger partial charge in [-0.15, -0.1) is 0 Å². The average Bonchev–Trinajstić information content (AvgIpc) is 2.54. The molecule has 7 nitrogen and oxygen atoms in total. The highest BCUT2D eigenvalue weighted by Gasteiger charge is 2.40. The molecule has 0 fully saturated rings. The number of nitrogens with zero attached hydrogens (tertiary/aromatic N) is 2. The van der Waals surface area contributed by atoms with Crippen LogP contribution in [0.15, 0.2) is 34.5 Å². The highest BCUT2D eigenvalue weighted by molar-refractivity contribution is 6.07. The molecule has 1 aromatic rings. The van der Waals surface area contributed by atoms with Gasteiger partial charge in [-0.1, -0.05) is 0 Å². The standard InChI is InChI=1S/C16H22N2O5/c1-5-22-15(20)16(3,12(2)19)18-17-13-6-8-14(9-7-13)23-11-10-21-4/h6-9H,5,10-11H2,1-4H3. The van der Waals surface area contributed by atoms with Crippen LogP contribution in [-0.4, -0.2) is 44.2 Å². The third kappa shape index (κ3) is 5.45. The highest BCUT2D eigenvalue weighted by atomic mass is 16.5. The first-order valence-corrected chi connectivity index (χ1v) is 7.27. The van der Waals surface area contributed by atoms with Crippen LogP contribution < -0.4 is 4.74 Å². The second-order valence-electron chi connectivity index (χ2n) is 4.88. The van der Waals surface area contributed by atoms with Crippen molar-refractivity contribution in [3.8, 4) is 5.75 Å². The average molecular weight is 322 g/mol. The van der Waals surface area contributed by atoms with Gasteiger partial charge >= 0.3 is 5.97 Å². The number of carbonyl (C=O) groups excluding carboxylic acids is 2. The van der Waals surface area contributed by atoms with Gasteiger partial charge in [-0.25, -0.2) is 4.79 Å². The Morgan fingerprint density at radius 2 is 1.83 bits per heavy atom. The van der Waals surface area contributed by atoms with Crippen molar-refractivity contribution >= 4 is 17.4 Å². The zero-order valence-electron chi connectivity index (χ0n) is 13.9. The molecule has 23 heavy (non-hydrogen) atoms. The first-order chi connectivity index (χ1) is 10.9. The molecule has 0 aliphatic rings. The van der Waals surface area contributed by atoms with Crippen LogP contribution in [0.4, 0.5) is 5.69 Å². The van der Waals surface area contributed by atoms with Crippen LogP contribution >= 0.6 is 0 Å². The van der Waals surface area contributed by atoms with Crippen LogP contribution in [0.25, 0.3) is 0 Å². The zero-order valence-corrected chi connectivity index (χ0v) is 13.9. The molecule has 7 heteroatoms. The summed E-state index contributed by atoms with van der Waals surface area (Å²) in [6, 6.07) is 6.80. The van der Waals surface area contributed by atoms with E-state index >= 15 is 0 Å². The van der Waals surface area contributed by atoms with Crippen LogP contribution in [0, 0.1) is 0 Å². The van der Waals surface area contributed by atoms with Crippen molar-refractivity contribution in [1.82, 2.24) is 0 Å². The maximum Gasteiger partial charge on any atom is 0.343 e. The number of ketones is 1. The number of rotatable bonds is 9. The normalized spacial score (nSPS) is 13.6. The largest absolute Gasteiger partial charge is 0.491 e. The van der Waals surface area contributed by atoms with E-state index in [1.54, 1.807) is 38.3 Å². The summed E-state index contributed by atoms with van der Waals surface area (Å²) >= 11 is 0. The lowest BCUT2D eigenvalue weighted by Gasteiger charge is -2.18. The molecule has 0 N–H and O–H groups in total. The van der Waals surface area contributed by atoms with E-state index in [4.69, 9.17) is 14.2 Å². The molecule has 0 aliphatic heterocycles. The first-order valence-electron chi connectivity index (χ1n) is 7.27. The molecule has 0 spiro atoms. The second-order valence-corrected chi connectivity index (χ2v) is 4.88. The zero-order chi connectivity index (χ0) is 17.3. The highest BCUT2D eigenvalue weighted by Crippen LogP contribution is 2.22. The summed E-state index contributed by atoms with van der Waals surface area (Å²) in [5, 5.41) is 7.85. The Kier molecular flexibility index (Phi) is 7.34. The van der Waals surface area contributed by atoms with Crippen molar-refractivity contribution in [2.45, 2.75) is 26.3 Å². The summed E-state index contributed by atoms with van der Waals surface area (Å²) in [6.07, 6.45) is 0. The van der Waals surface area contributed by atoms with Crippen LogP contribution in [-0.2, 0) is 19.1 Å². The molecule has 126 valence electrons. The number of azo groups is 1. The van der Waals surface area contributed by atoms with Crippen molar-refractivity contribution in [3.05, 3.63) is 24.3 Å². The monoisotopic (exact) mass is 322 g/mol. The van der Waals surface area contributed by atoms with Gasteiger partial charge in [0.2, 0.25) is 5.54 Å². The Balaban J connectivity index is 2.81. The smallest absolute Gasteiger partial charge is 0.343 e. The minimum Gasteiger partial charge on any atom is -0.491 e. The van der Waals surface area contributed by atoms with E-state index in [9.17, 15) is 9.59 Å². The van der Waals surface area contributed by atoms with E-state index in [0.717, 1.165) is 0 Å². The summed E-state index contributed by atoms with van der Waals surface area (Å²) in [5.74, 6) is -0.476.